The third-order valence-corrected chi connectivity index (χ3v) is 6.56. The summed E-state index contributed by atoms with van der Waals surface area (Å²) in [5.41, 5.74) is 1.01. The van der Waals surface area contributed by atoms with Crippen LogP contribution in [0.2, 0.25) is 5.02 Å². The van der Waals surface area contributed by atoms with E-state index in [1.807, 2.05) is 4.90 Å². The zero-order valence-electron chi connectivity index (χ0n) is 14.6. The molecule has 0 saturated carbocycles. The van der Waals surface area contributed by atoms with E-state index in [-0.39, 0.29) is 16.5 Å². The first-order valence-corrected chi connectivity index (χ1v) is 10.2. The number of nitrogens with zero attached hydrogens (tertiary/aromatic N) is 2. The molecule has 1 aliphatic heterocycles. The first-order chi connectivity index (χ1) is 12.3. The van der Waals surface area contributed by atoms with Gasteiger partial charge in [0, 0.05) is 35.9 Å². The second-order valence-electron chi connectivity index (χ2n) is 6.46. The van der Waals surface area contributed by atoms with Crippen molar-refractivity contribution in [1.82, 2.24) is 14.7 Å². The van der Waals surface area contributed by atoms with Gasteiger partial charge < -0.3 is 4.90 Å². The van der Waals surface area contributed by atoms with Crippen molar-refractivity contribution in [1.29, 1.82) is 0 Å². The maximum atomic E-state index is 12.7. The molecule has 0 spiro atoms. The van der Waals surface area contributed by atoms with E-state index in [1.54, 1.807) is 32.0 Å². The van der Waals surface area contributed by atoms with Crippen molar-refractivity contribution < 1.29 is 8.42 Å². The Kier molecular flexibility index (Phi) is 5.36. The number of hydrogen-bond donors (Lipinski definition) is 2. The molecule has 0 radical (unpaired) electrons. The Morgan fingerprint density at radius 3 is 2.62 bits per heavy atom. The number of sulfonamides is 1. The maximum Gasteiger partial charge on any atom is 0.252 e. The number of nitrogens with one attached hydrogen (secondary N) is 2. The number of H-pyrrole nitrogens is 1. The summed E-state index contributed by atoms with van der Waals surface area (Å²) in [6.45, 7) is 4.68. The van der Waals surface area contributed by atoms with E-state index in [2.05, 4.69) is 14.7 Å². The molecule has 2 heterocycles. The van der Waals surface area contributed by atoms with Crippen molar-refractivity contribution in [3.63, 3.8) is 0 Å². The van der Waals surface area contributed by atoms with Gasteiger partial charge in [0.1, 0.15) is 0 Å². The van der Waals surface area contributed by atoms with Gasteiger partial charge in [-0.15, -0.1) is 0 Å². The standard InChI is InChI=1S/C17H21ClN4O3S/c1-11-10-16(23)20-17(19-11)22-8-6-13(7-9-22)21-26(24,25)15-5-3-4-14(18)12(15)2/h3-5,10,13,21H,6-9H2,1-2H3,(H,19,20,23). The topological polar surface area (TPSA) is 95.2 Å². The fourth-order valence-corrected chi connectivity index (χ4v) is 4.89. The first-order valence-electron chi connectivity index (χ1n) is 8.36. The molecule has 2 N–H and O–H groups in total. The molecule has 1 aromatic heterocycles. The Labute approximate surface area is 157 Å². The predicted molar refractivity (Wildman–Crippen MR) is 101 cm³/mol. The van der Waals surface area contributed by atoms with Crippen LogP contribution in [0.3, 0.4) is 0 Å². The summed E-state index contributed by atoms with van der Waals surface area (Å²) in [5.74, 6) is 0.530. The summed E-state index contributed by atoms with van der Waals surface area (Å²) in [7, 11) is -3.64. The Balaban J connectivity index is 1.68. The van der Waals surface area contributed by atoms with Gasteiger partial charge in [-0.25, -0.2) is 18.1 Å². The van der Waals surface area contributed by atoms with Crippen molar-refractivity contribution in [2.24, 2.45) is 0 Å². The van der Waals surface area contributed by atoms with Crippen LogP contribution < -0.4 is 15.2 Å². The van der Waals surface area contributed by atoms with E-state index in [4.69, 9.17) is 11.6 Å². The van der Waals surface area contributed by atoms with Crippen LogP contribution in [0.4, 0.5) is 5.95 Å². The van der Waals surface area contributed by atoms with Gasteiger partial charge in [-0.1, -0.05) is 17.7 Å². The summed E-state index contributed by atoms with van der Waals surface area (Å²) in [6, 6.07) is 6.12. The lowest BCUT2D eigenvalue weighted by Crippen LogP contribution is -2.45. The molecule has 0 amide bonds. The zero-order chi connectivity index (χ0) is 18.9. The third-order valence-electron chi connectivity index (χ3n) is 4.48. The molecule has 1 aliphatic rings. The van der Waals surface area contributed by atoms with Gasteiger partial charge in [-0.3, -0.25) is 9.78 Å². The summed E-state index contributed by atoms with van der Waals surface area (Å²) in [4.78, 5) is 20.8. The molecule has 7 nitrogen and oxygen atoms in total. The number of aromatic nitrogens is 2. The highest BCUT2D eigenvalue weighted by Gasteiger charge is 2.26. The summed E-state index contributed by atoms with van der Waals surface area (Å²) >= 11 is 6.04. The number of aromatic amines is 1. The highest BCUT2D eigenvalue weighted by atomic mass is 35.5. The van der Waals surface area contributed by atoms with Gasteiger partial charge in [0.15, 0.2) is 0 Å². The number of rotatable bonds is 4. The Morgan fingerprint density at radius 2 is 1.96 bits per heavy atom. The average Bonchev–Trinajstić information content (AvgIpc) is 2.56. The number of halogens is 1. The van der Waals surface area contributed by atoms with Crippen molar-refractivity contribution in [3.05, 3.63) is 50.9 Å². The molecule has 1 fully saturated rings. The van der Waals surface area contributed by atoms with Gasteiger partial charge in [0.2, 0.25) is 16.0 Å². The van der Waals surface area contributed by atoms with Gasteiger partial charge >= 0.3 is 0 Å². The smallest absolute Gasteiger partial charge is 0.252 e. The van der Waals surface area contributed by atoms with Crippen LogP contribution in [0.25, 0.3) is 0 Å². The van der Waals surface area contributed by atoms with E-state index in [9.17, 15) is 13.2 Å². The lowest BCUT2D eigenvalue weighted by atomic mass is 10.1. The Bertz CT molecular complexity index is 966. The number of aryl methyl sites for hydroxylation is 1. The number of benzene rings is 1. The molecule has 0 bridgehead atoms. The van der Waals surface area contributed by atoms with Crippen LogP contribution in [-0.2, 0) is 10.0 Å². The monoisotopic (exact) mass is 396 g/mol. The van der Waals surface area contributed by atoms with Crippen LogP contribution in [0, 0.1) is 13.8 Å². The molecule has 0 unspecified atom stereocenters. The zero-order valence-corrected chi connectivity index (χ0v) is 16.2. The number of hydrogen-bond acceptors (Lipinski definition) is 5. The predicted octanol–water partition coefficient (Wildman–Crippen LogP) is 1.99. The molecular formula is C17H21ClN4O3S. The van der Waals surface area contributed by atoms with Crippen molar-refractivity contribution in [2.45, 2.75) is 37.6 Å². The van der Waals surface area contributed by atoms with Crippen molar-refractivity contribution in [2.75, 3.05) is 18.0 Å². The number of piperidine rings is 1. The highest BCUT2D eigenvalue weighted by Crippen LogP contribution is 2.24. The molecule has 140 valence electrons. The van der Waals surface area contributed by atoms with Crippen LogP contribution >= 0.6 is 11.6 Å². The van der Waals surface area contributed by atoms with Crippen LogP contribution in [0.15, 0.2) is 34.0 Å². The Morgan fingerprint density at radius 1 is 1.27 bits per heavy atom. The third kappa shape index (κ3) is 4.08. The van der Waals surface area contributed by atoms with Gasteiger partial charge in [0.25, 0.3) is 5.56 Å². The molecule has 26 heavy (non-hydrogen) atoms. The SMILES string of the molecule is Cc1cc(=O)[nH]c(N2CCC(NS(=O)(=O)c3cccc(Cl)c3C)CC2)n1. The maximum absolute atomic E-state index is 12.7. The summed E-state index contributed by atoms with van der Waals surface area (Å²) in [5, 5.41) is 0.428. The quantitative estimate of drug-likeness (QED) is 0.824. The van der Waals surface area contributed by atoms with Gasteiger partial charge in [-0.2, -0.15) is 0 Å². The largest absolute Gasteiger partial charge is 0.342 e. The highest BCUT2D eigenvalue weighted by molar-refractivity contribution is 7.89. The average molecular weight is 397 g/mol. The molecular weight excluding hydrogens is 376 g/mol. The first kappa shape index (κ1) is 18.9. The van der Waals surface area contributed by atoms with Crippen molar-refractivity contribution in [3.8, 4) is 0 Å². The fourth-order valence-electron chi connectivity index (χ4n) is 3.08. The molecule has 0 atom stereocenters. The molecule has 9 heteroatoms. The van der Waals surface area contributed by atoms with Crippen LogP contribution in [0.5, 0.6) is 0 Å². The van der Waals surface area contributed by atoms with Gasteiger partial charge in [0.05, 0.1) is 4.90 Å². The van der Waals surface area contributed by atoms with Crippen LogP contribution in [0.1, 0.15) is 24.1 Å². The molecule has 1 saturated heterocycles. The van der Waals surface area contributed by atoms with Crippen LogP contribution in [-0.4, -0.2) is 37.5 Å². The van der Waals surface area contributed by atoms with E-state index >= 15 is 0 Å². The summed E-state index contributed by atoms with van der Waals surface area (Å²) < 4.78 is 28.1. The minimum absolute atomic E-state index is 0.175. The fraction of sp³-hybridized carbons (Fsp3) is 0.412. The van der Waals surface area contributed by atoms with E-state index in [0.29, 0.717) is 48.2 Å². The van der Waals surface area contributed by atoms with Gasteiger partial charge in [-0.05, 0) is 44.4 Å². The summed E-state index contributed by atoms with van der Waals surface area (Å²) in [6.07, 6.45) is 1.24. The van der Waals surface area contributed by atoms with E-state index in [1.165, 1.54) is 6.07 Å². The second kappa shape index (κ2) is 7.38. The normalized spacial score (nSPS) is 16.0. The number of anilines is 1. The lowest BCUT2D eigenvalue weighted by molar-refractivity contribution is 0.456. The Hall–Kier alpha value is -1.90. The molecule has 0 aliphatic carbocycles. The lowest BCUT2D eigenvalue weighted by Gasteiger charge is -2.32. The molecule has 2 aromatic rings. The minimum atomic E-state index is -3.64. The van der Waals surface area contributed by atoms with E-state index in [0.717, 1.165) is 0 Å². The second-order valence-corrected chi connectivity index (χ2v) is 8.55. The minimum Gasteiger partial charge on any atom is -0.342 e. The van der Waals surface area contributed by atoms with E-state index < -0.39 is 10.0 Å². The van der Waals surface area contributed by atoms with Crippen molar-refractivity contribution >= 4 is 27.6 Å². The molecule has 1 aromatic carbocycles. The molecule has 3 rings (SSSR count).